The van der Waals surface area contributed by atoms with Crippen LogP contribution in [0.4, 0.5) is 0 Å². The Balaban J connectivity index is 2.10. The highest BCUT2D eigenvalue weighted by atomic mass is 35.5. The van der Waals surface area contributed by atoms with Crippen LogP contribution in [0.25, 0.3) is 0 Å². The van der Waals surface area contributed by atoms with E-state index >= 15 is 0 Å². The molecular formula is C16H18ClNO2S. The lowest BCUT2D eigenvalue weighted by atomic mass is 10.0. The maximum absolute atomic E-state index is 11.8. The summed E-state index contributed by atoms with van der Waals surface area (Å²) in [7, 11) is -3.39. The van der Waals surface area contributed by atoms with Crippen molar-refractivity contribution < 1.29 is 8.42 Å². The zero-order valence-electron chi connectivity index (χ0n) is 11.8. The lowest BCUT2D eigenvalue weighted by Crippen LogP contribution is -2.23. The Morgan fingerprint density at radius 3 is 2.24 bits per heavy atom. The maximum atomic E-state index is 11.8. The molecule has 0 aliphatic heterocycles. The van der Waals surface area contributed by atoms with Gasteiger partial charge in [-0.15, -0.1) is 11.6 Å². The van der Waals surface area contributed by atoms with Crippen LogP contribution < -0.4 is 4.72 Å². The minimum absolute atomic E-state index is 0.123. The first-order chi connectivity index (χ1) is 10.0. The van der Waals surface area contributed by atoms with Crippen LogP contribution in [0.15, 0.2) is 59.5 Å². The Morgan fingerprint density at radius 1 is 1.05 bits per heavy atom. The summed E-state index contributed by atoms with van der Waals surface area (Å²) in [6.07, 6.45) is 0.660. The SMILES string of the molecule is CCNS(=O)(=O)c1ccc(CC(Cl)c2ccccc2)cc1. The molecular weight excluding hydrogens is 306 g/mol. The first kappa shape index (κ1) is 16.0. The molecule has 0 bridgehead atoms. The van der Waals surface area contributed by atoms with E-state index in [1.807, 2.05) is 42.5 Å². The predicted molar refractivity (Wildman–Crippen MR) is 86.0 cm³/mol. The van der Waals surface area contributed by atoms with Gasteiger partial charge in [0.25, 0.3) is 0 Å². The summed E-state index contributed by atoms with van der Waals surface area (Å²) in [6, 6.07) is 16.7. The fraction of sp³-hybridized carbons (Fsp3) is 0.250. The summed E-state index contributed by atoms with van der Waals surface area (Å²) < 4.78 is 26.2. The number of alkyl halides is 1. The Bertz CT molecular complexity index is 669. The second-order valence-electron chi connectivity index (χ2n) is 4.73. The van der Waals surface area contributed by atoms with Gasteiger partial charge < -0.3 is 0 Å². The van der Waals surface area contributed by atoms with Crippen molar-refractivity contribution in [3.63, 3.8) is 0 Å². The van der Waals surface area contributed by atoms with Gasteiger partial charge in [-0.2, -0.15) is 0 Å². The first-order valence-electron chi connectivity index (χ1n) is 6.80. The third kappa shape index (κ3) is 4.30. The fourth-order valence-corrected chi connectivity index (χ4v) is 3.43. The van der Waals surface area contributed by atoms with Crippen LogP contribution in [0.2, 0.25) is 0 Å². The molecule has 0 radical (unpaired) electrons. The molecule has 2 aromatic carbocycles. The van der Waals surface area contributed by atoms with E-state index in [0.717, 1.165) is 11.1 Å². The highest BCUT2D eigenvalue weighted by Crippen LogP contribution is 2.25. The number of benzene rings is 2. The van der Waals surface area contributed by atoms with E-state index in [0.29, 0.717) is 13.0 Å². The molecule has 0 heterocycles. The van der Waals surface area contributed by atoms with Gasteiger partial charge in [0.05, 0.1) is 10.3 Å². The van der Waals surface area contributed by atoms with Gasteiger partial charge in [-0.1, -0.05) is 49.4 Å². The van der Waals surface area contributed by atoms with Gasteiger partial charge in [0, 0.05) is 6.54 Å². The summed E-state index contributed by atoms with van der Waals surface area (Å²) in [4.78, 5) is 0.277. The Morgan fingerprint density at radius 2 is 1.67 bits per heavy atom. The van der Waals surface area contributed by atoms with Gasteiger partial charge in [-0.05, 0) is 29.7 Å². The quantitative estimate of drug-likeness (QED) is 0.827. The van der Waals surface area contributed by atoms with Crippen molar-refractivity contribution in [2.75, 3.05) is 6.54 Å². The molecule has 0 spiro atoms. The Labute approximate surface area is 131 Å². The van der Waals surface area contributed by atoms with Crippen molar-refractivity contribution in [1.29, 1.82) is 0 Å². The summed E-state index contributed by atoms with van der Waals surface area (Å²) in [5.41, 5.74) is 2.07. The van der Waals surface area contributed by atoms with E-state index in [1.165, 1.54) is 0 Å². The van der Waals surface area contributed by atoms with Crippen molar-refractivity contribution in [2.45, 2.75) is 23.6 Å². The minimum atomic E-state index is -3.39. The lowest BCUT2D eigenvalue weighted by Gasteiger charge is -2.10. The number of nitrogens with one attached hydrogen (secondary N) is 1. The molecule has 112 valence electrons. The molecule has 1 N–H and O–H groups in total. The van der Waals surface area contributed by atoms with Crippen LogP contribution in [0.5, 0.6) is 0 Å². The van der Waals surface area contributed by atoms with Gasteiger partial charge in [0.2, 0.25) is 10.0 Å². The van der Waals surface area contributed by atoms with Crippen molar-refractivity contribution in [3.8, 4) is 0 Å². The molecule has 1 atom stereocenters. The van der Waals surface area contributed by atoms with Crippen LogP contribution in [0.1, 0.15) is 23.4 Å². The summed E-state index contributed by atoms with van der Waals surface area (Å²) in [6.45, 7) is 2.13. The van der Waals surface area contributed by atoms with Crippen LogP contribution in [0.3, 0.4) is 0 Å². The van der Waals surface area contributed by atoms with Gasteiger partial charge >= 0.3 is 0 Å². The molecule has 3 nitrogen and oxygen atoms in total. The van der Waals surface area contributed by atoms with E-state index in [9.17, 15) is 8.42 Å². The third-order valence-corrected chi connectivity index (χ3v) is 5.11. The van der Waals surface area contributed by atoms with Crippen molar-refractivity contribution >= 4 is 21.6 Å². The minimum Gasteiger partial charge on any atom is -0.211 e. The molecule has 21 heavy (non-hydrogen) atoms. The van der Waals surface area contributed by atoms with E-state index in [1.54, 1.807) is 19.1 Å². The molecule has 5 heteroatoms. The van der Waals surface area contributed by atoms with Gasteiger partial charge in [0.1, 0.15) is 0 Å². The number of hydrogen-bond acceptors (Lipinski definition) is 2. The number of hydrogen-bond donors (Lipinski definition) is 1. The molecule has 0 saturated heterocycles. The largest absolute Gasteiger partial charge is 0.240 e. The normalized spacial score (nSPS) is 13.0. The molecule has 0 aliphatic carbocycles. The molecule has 0 saturated carbocycles. The Kier molecular flexibility index (Phi) is 5.39. The average Bonchev–Trinajstić information content (AvgIpc) is 2.48. The molecule has 0 fully saturated rings. The van der Waals surface area contributed by atoms with Crippen LogP contribution in [-0.4, -0.2) is 15.0 Å². The van der Waals surface area contributed by atoms with Gasteiger partial charge in [-0.3, -0.25) is 0 Å². The molecule has 0 aliphatic rings. The van der Waals surface area contributed by atoms with Gasteiger partial charge in [-0.25, -0.2) is 13.1 Å². The predicted octanol–water partition coefficient (Wildman–Crippen LogP) is 3.51. The summed E-state index contributed by atoms with van der Waals surface area (Å²) in [5, 5.41) is -0.123. The standard InChI is InChI=1S/C16H18ClNO2S/c1-2-18-21(19,20)15-10-8-13(9-11-15)12-16(17)14-6-4-3-5-7-14/h3-11,16,18H,2,12H2,1H3. The second kappa shape index (κ2) is 7.07. The smallest absolute Gasteiger partial charge is 0.211 e. The first-order valence-corrected chi connectivity index (χ1v) is 8.72. The van der Waals surface area contributed by atoms with Crippen LogP contribution >= 0.6 is 11.6 Å². The van der Waals surface area contributed by atoms with E-state index < -0.39 is 10.0 Å². The van der Waals surface area contributed by atoms with Crippen molar-refractivity contribution in [2.24, 2.45) is 0 Å². The molecule has 0 amide bonds. The van der Waals surface area contributed by atoms with Crippen LogP contribution in [0, 0.1) is 0 Å². The van der Waals surface area contributed by atoms with E-state index in [4.69, 9.17) is 11.6 Å². The van der Waals surface area contributed by atoms with Crippen LogP contribution in [-0.2, 0) is 16.4 Å². The van der Waals surface area contributed by atoms with Gasteiger partial charge in [0.15, 0.2) is 0 Å². The second-order valence-corrected chi connectivity index (χ2v) is 7.02. The molecule has 0 aromatic heterocycles. The third-order valence-electron chi connectivity index (χ3n) is 3.14. The number of halogens is 1. The highest BCUT2D eigenvalue weighted by molar-refractivity contribution is 7.89. The zero-order valence-corrected chi connectivity index (χ0v) is 13.4. The monoisotopic (exact) mass is 323 g/mol. The maximum Gasteiger partial charge on any atom is 0.240 e. The molecule has 1 unspecified atom stereocenters. The lowest BCUT2D eigenvalue weighted by molar-refractivity contribution is 0.584. The van der Waals surface area contributed by atoms with Crippen molar-refractivity contribution in [3.05, 3.63) is 65.7 Å². The molecule has 2 aromatic rings. The number of sulfonamides is 1. The molecule has 2 rings (SSSR count). The average molecular weight is 324 g/mol. The summed E-state index contributed by atoms with van der Waals surface area (Å²) in [5.74, 6) is 0. The van der Waals surface area contributed by atoms with Crippen molar-refractivity contribution in [1.82, 2.24) is 4.72 Å². The topological polar surface area (TPSA) is 46.2 Å². The fourth-order valence-electron chi connectivity index (χ4n) is 2.06. The highest BCUT2D eigenvalue weighted by Gasteiger charge is 2.13. The Hall–Kier alpha value is -1.36. The van der Waals surface area contributed by atoms with E-state index in [-0.39, 0.29) is 10.3 Å². The number of rotatable bonds is 6. The summed E-state index contributed by atoms with van der Waals surface area (Å²) >= 11 is 6.39. The zero-order chi connectivity index (χ0) is 15.3. The van der Waals surface area contributed by atoms with E-state index in [2.05, 4.69) is 4.72 Å².